The van der Waals surface area contributed by atoms with Gasteiger partial charge in [0, 0.05) is 12.5 Å². The Morgan fingerprint density at radius 2 is 1.84 bits per heavy atom. The number of rotatable bonds is 6. The van der Waals surface area contributed by atoms with Gasteiger partial charge in [-0.15, -0.1) is 0 Å². The van der Waals surface area contributed by atoms with Crippen molar-refractivity contribution in [2.75, 3.05) is 18.1 Å². The maximum Gasteiger partial charge on any atom is 0.308 e. The lowest BCUT2D eigenvalue weighted by molar-refractivity contribution is -0.141. The van der Waals surface area contributed by atoms with Gasteiger partial charge < -0.3 is 10.4 Å². The molecule has 1 amide bonds. The second kappa shape index (κ2) is 6.78. The Hall–Kier alpha value is -1.89. The first-order valence-electron chi connectivity index (χ1n) is 8.56. The fraction of sp³-hybridized carbons (Fsp3) is 0.556. The van der Waals surface area contributed by atoms with Crippen molar-refractivity contribution >= 4 is 21.7 Å². The highest BCUT2D eigenvalue weighted by molar-refractivity contribution is 7.91. The van der Waals surface area contributed by atoms with Crippen LogP contribution in [0.1, 0.15) is 24.8 Å². The highest BCUT2D eigenvalue weighted by atomic mass is 32.2. The zero-order valence-corrected chi connectivity index (χ0v) is 14.8. The Balaban J connectivity index is 1.52. The molecule has 25 heavy (non-hydrogen) atoms. The summed E-state index contributed by atoms with van der Waals surface area (Å²) >= 11 is 0. The van der Waals surface area contributed by atoms with Crippen LogP contribution >= 0.6 is 0 Å². The number of carbonyl (C=O) groups excluding carboxylic acids is 1. The zero-order chi connectivity index (χ0) is 18.1. The molecule has 2 aliphatic rings. The van der Waals surface area contributed by atoms with Crippen molar-refractivity contribution in [2.24, 2.45) is 17.3 Å². The SMILES string of the molecule is O=C(O)C(CNC(=O)C1CC12CCS(=O)(=O)CC2)Cc1ccccc1. The second-order valence-electron chi connectivity index (χ2n) is 7.24. The molecule has 1 saturated heterocycles. The molecule has 0 bridgehead atoms. The van der Waals surface area contributed by atoms with E-state index < -0.39 is 21.7 Å². The molecule has 7 heteroatoms. The van der Waals surface area contributed by atoms with Crippen LogP contribution in [0.2, 0.25) is 0 Å². The average molecular weight is 365 g/mol. The van der Waals surface area contributed by atoms with E-state index in [9.17, 15) is 23.1 Å². The normalized spacial score (nSPS) is 24.4. The van der Waals surface area contributed by atoms with Crippen LogP contribution in [-0.2, 0) is 25.8 Å². The summed E-state index contributed by atoms with van der Waals surface area (Å²) in [7, 11) is -2.94. The van der Waals surface area contributed by atoms with Gasteiger partial charge in [0.25, 0.3) is 0 Å². The average Bonchev–Trinajstić information content (AvgIpc) is 3.29. The van der Waals surface area contributed by atoms with E-state index in [4.69, 9.17) is 0 Å². The van der Waals surface area contributed by atoms with Crippen LogP contribution in [0.15, 0.2) is 30.3 Å². The molecule has 136 valence electrons. The number of aliphatic carboxylic acids is 1. The fourth-order valence-electron chi connectivity index (χ4n) is 3.71. The topological polar surface area (TPSA) is 101 Å². The largest absolute Gasteiger partial charge is 0.481 e. The number of benzene rings is 1. The number of nitrogens with one attached hydrogen (secondary N) is 1. The van der Waals surface area contributed by atoms with E-state index in [1.807, 2.05) is 30.3 Å². The standard InChI is InChI=1S/C18H23NO5S/c20-16(15-11-18(15)6-8-25(23,24)9-7-18)19-12-14(17(21)22)10-13-4-2-1-3-5-13/h1-5,14-15H,6-12H2,(H,19,20)(H,21,22). The quantitative estimate of drug-likeness (QED) is 0.790. The number of hydrogen-bond acceptors (Lipinski definition) is 4. The highest BCUT2D eigenvalue weighted by Gasteiger charge is 2.59. The van der Waals surface area contributed by atoms with Crippen molar-refractivity contribution in [3.8, 4) is 0 Å². The zero-order valence-electron chi connectivity index (χ0n) is 14.0. The molecule has 1 spiro atoms. The molecule has 0 aromatic heterocycles. The van der Waals surface area contributed by atoms with Gasteiger partial charge >= 0.3 is 5.97 Å². The van der Waals surface area contributed by atoms with Crippen LogP contribution in [0.3, 0.4) is 0 Å². The van der Waals surface area contributed by atoms with Gasteiger partial charge in [-0.05, 0) is 36.7 Å². The number of carbonyl (C=O) groups is 2. The van der Waals surface area contributed by atoms with E-state index in [0.29, 0.717) is 25.7 Å². The fourth-order valence-corrected chi connectivity index (χ4v) is 5.35. The first-order chi connectivity index (χ1) is 11.8. The van der Waals surface area contributed by atoms with E-state index >= 15 is 0 Å². The van der Waals surface area contributed by atoms with Gasteiger partial charge in [0.1, 0.15) is 9.84 Å². The van der Waals surface area contributed by atoms with Crippen LogP contribution in [0.4, 0.5) is 0 Å². The molecule has 1 heterocycles. The maximum atomic E-state index is 12.4. The van der Waals surface area contributed by atoms with Gasteiger partial charge in [-0.3, -0.25) is 9.59 Å². The molecule has 3 rings (SSSR count). The Morgan fingerprint density at radius 1 is 1.20 bits per heavy atom. The van der Waals surface area contributed by atoms with Gasteiger partial charge in [0.15, 0.2) is 0 Å². The molecule has 0 radical (unpaired) electrons. The second-order valence-corrected chi connectivity index (χ2v) is 9.54. The Morgan fingerprint density at radius 3 is 2.44 bits per heavy atom. The number of hydrogen-bond donors (Lipinski definition) is 2. The van der Waals surface area contributed by atoms with Crippen molar-refractivity contribution in [2.45, 2.75) is 25.7 Å². The van der Waals surface area contributed by atoms with Gasteiger partial charge in [0.05, 0.1) is 17.4 Å². The predicted octanol–water partition coefficient (Wildman–Crippen LogP) is 1.26. The molecular weight excluding hydrogens is 342 g/mol. The first kappa shape index (κ1) is 17.9. The number of carboxylic acids is 1. The summed E-state index contributed by atoms with van der Waals surface area (Å²) in [5.41, 5.74) is 0.748. The summed E-state index contributed by atoms with van der Waals surface area (Å²) in [6.45, 7) is 0.0912. The lowest BCUT2D eigenvalue weighted by Gasteiger charge is -2.22. The minimum atomic E-state index is -2.94. The van der Waals surface area contributed by atoms with Crippen LogP contribution in [-0.4, -0.2) is 43.5 Å². The summed E-state index contributed by atoms with van der Waals surface area (Å²) in [4.78, 5) is 23.8. The van der Waals surface area contributed by atoms with Crippen molar-refractivity contribution in [1.29, 1.82) is 0 Å². The molecule has 1 aromatic rings. The van der Waals surface area contributed by atoms with Crippen molar-refractivity contribution in [1.82, 2.24) is 5.32 Å². The molecule has 6 nitrogen and oxygen atoms in total. The van der Waals surface area contributed by atoms with E-state index in [-0.39, 0.29) is 35.3 Å². The van der Waals surface area contributed by atoms with Gasteiger partial charge in [0.2, 0.25) is 5.91 Å². The molecule has 2 unspecified atom stereocenters. The Labute approximate surface area is 147 Å². The third-order valence-electron chi connectivity index (χ3n) is 5.52. The number of sulfone groups is 1. The summed E-state index contributed by atoms with van der Waals surface area (Å²) < 4.78 is 23.1. The molecule has 1 aliphatic heterocycles. The van der Waals surface area contributed by atoms with E-state index in [1.54, 1.807) is 0 Å². The van der Waals surface area contributed by atoms with Crippen LogP contribution in [0.25, 0.3) is 0 Å². The molecule has 1 aromatic carbocycles. The van der Waals surface area contributed by atoms with E-state index in [1.165, 1.54) is 0 Å². The Bertz CT molecular complexity index is 745. The Kier molecular flexibility index (Phi) is 4.86. The van der Waals surface area contributed by atoms with Gasteiger partial charge in [-0.1, -0.05) is 30.3 Å². The van der Waals surface area contributed by atoms with Gasteiger partial charge in [-0.25, -0.2) is 8.42 Å². The summed E-state index contributed by atoms with van der Waals surface area (Å²) in [5, 5.41) is 12.2. The van der Waals surface area contributed by atoms with Gasteiger partial charge in [-0.2, -0.15) is 0 Å². The third kappa shape index (κ3) is 4.21. The minimum absolute atomic E-state index is 0.0912. The van der Waals surface area contributed by atoms with Crippen molar-refractivity contribution in [3.05, 3.63) is 35.9 Å². The summed E-state index contributed by atoms with van der Waals surface area (Å²) in [5.74, 6) is -1.61. The highest BCUT2D eigenvalue weighted by Crippen LogP contribution is 2.59. The van der Waals surface area contributed by atoms with Crippen molar-refractivity contribution in [3.63, 3.8) is 0 Å². The summed E-state index contributed by atoms with van der Waals surface area (Å²) in [6, 6.07) is 9.33. The van der Waals surface area contributed by atoms with Crippen LogP contribution < -0.4 is 5.32 Å². The lowest BCUT2D eigenvalue weighted by atomic mass is 9.95. The molecule has 2 fully saturated rings. The lowest BCUT2D eigenvalue weighted by Crippen LogP contribution is -2.36. The molecule has 1 aliphatic carbocycles. The number of amides is 1. The first-order valence-corrected chi connectivity index (χ1v) is 10.4. The van der Waals surface area contributed by atoms with Crippen molar-refractivity contribution < 1.29 is 23.1 Å². The molecule has 2 N–H and O–H groups in total. The van der Waals surface area contributed by atoms with Crippen LogP contribution in [0.5, 0.6) is 0 Å². The predicted molar refractivity (Wildman–Crippen MR) is 92.7 cm³/mol. The molecular formula is C18H23NO5S. The smallest absolute Gasteiger partial charge is 0.308 e. The van der Waals surface area contributed by atoms with Crippen LogP contribution in [0, 0.1) is 17.3 Å². The monoisotopic (exact) mass is 365 g/mol. The molecule has 2 atom stereocenters. The minimum Gasteiger partial charge on any atom is -0.481 e. The van der Waals surface area contributed by atoms with E-state index in [2.05, 4.69) is 5.32 Å². The molecule has 1 saturated carbocycles. The number of carboxylic acid groups (broad SMARTS) is 1. The van der Waals surface area contributed by atoms with E-state index in [0.717, 1.165) is 5.56 Å². The summed E-state index contributed by atoms with van der Waals surface area (Å²) in [6.07, 6.45) is 2.16. The third-order valence-corrected chi connectivity index (χ3v) is 7.18. The maximum absolute atomic E-state index is 12.4.